The number of carbonyl (C=O) groups is 1. The fourth-order valence-electron chi connectivity index (χ4n) is 2.97. The van der Waals surface area contributed by atoms with Crippen molar-refractivity contribution >= 4 is 28.2 Å². The molecule has 1 amide bonds. The average molecular weight is 391 g/mol. The molecule has 2 atom stereocenters. The van der Waals surface area contributed by atoms with Crippen molar-refractivity contribution in [3.05, 3.63) is 24.3 Å². The van der Waals surface area contributed by atoms with E-state index in [0.717, 1.165) is 6.42 Å². The number of sulfone groups is 1. The lowest BCUT2D eigenvalue weighted by Gasteiger charge is -2.24. The molecule has 2 rings (SSSR count). The summed E-state index contributed by atoms with van der Waals surface area (Å²) in [6.45, 7) is 5.48. The van der Waals surface area contributed by atoms with Crippen molar-refractivity contribution < 1.29 is 17.9 Å². The molecule has 6 nitrogen and oxygen atoms in total. The third-order valence-corrected chi connectivity index (χ3v) is 6.60. The van der Waals surface area contributed by atoms with Crippen molar-refractivity contribution in [1.82, 2.24) is 4.90 Å². The minimum absolute atomic E-state index is 0. The van der Waals surface area contributed by atoms with Crippen LogP contribution in [0.1, 0.15) is 20.3 Å². The van der Waals surface area contributed by atoms with Crippen LogP contribution in [0.15, 0.2) is 29.2 Å². The van der Waals surface area contributed by atoms with Crippen molar-refractivity contribution in [3.63, 3.8) is 0 Å². The zero-order valence-electron chi connectivity index (χ0n) is 14.9. The van der Waals surface area contributed by atoms with E-state index in [9.17, 15) is 13.2 Å². The van der Waals surface area contributed by atoms with Crippen LogP contribution in [0.3, 0.4) is 0 Å². The van der Waals surface area contributed by atoms with E-state index in [-0.39, 0.29) is 34.4 Å². The number of ether oxygens (including phenoxy) is 1. The normalized spacial score (nSPS) is 21.5. The Morgan fingerprint density at radius 2 is 1.96 bits per heavy atom. The van der Waals surface area contributed by atoms with E-state index in [1.165, 1.54) is 19.2 Å². The molecule has 1 aromatic carbocycles. The highest BCUT2D eigenvalue weighted by Gasteiger charge is 2.37. The molecule has 2 N–H and O–H groups in total. The Morgan fingerprint density at radius 1 is 1.36 bits per heavy atom. The summed E-state index contributed by atoms with van der Waals surface area (Å²) in [6, 6.07) is 6.22. The number of hydrogen-bond acceptors (Lipinski definition) is 5. The first kappa shape index (κ1) is 21.7. The van der Waals surface area contributed by atoms with Crippen molar-refractivity contribution in [3.8, 4) is 5.75 Å². The van der Waals surface area contributed by atoms with Gasteiger partial charge in [-0.25, -0.2) is 8.42 Å². The van der Waals surface area contributed by atoms with E-state index in [2.05, 4.69) is 6.92 Å². The number of likely N-dealkylation sites (tertiary alicyclic amines) is 1. The van der Waals surface area contributed by atoms with Gasteiger partial charge in [0.2, 0.25) is 5.91 Å². The van der Waals surface area contributed by atoms with Gasteiger partial charge in [-0.2, -0.15) is 0 Å². The Morgan fingerprint density at radius 3 is 2.44 bits per heavy atom. The maximum atomic E-state index is 12.6. The van der Waals surface area contributed by atoms with E-state index >= 15 is 0 Å². The predicted molar refractivity (Wildman–Crippen MR) is 99.8 cm³/mol. The van der Waals surface area contributed by atoms with Crippen LogP contribution in [-0.2, 0) is 14.6 Å². The molecule has 0 radical (unpaired) electrons. The van der Waals surface area contributed by atoms with Crippen LogP contribution in [0.2, 0.25) is 0 Å². The number of nitrogens with two attached hydrogens (primary N) is 1. The third-order valence-electron chi connectivity index (χ3n) is 4.67. The van der Waals surface area contributed by atoms with Gasteiger partial charge in [0.1, 0.15) is 5.75 Å². The van der Waals surface area contributed by atoms with Crippen molar-refractivity contribution in [2.75, 3.05) is 32.5 Å². The first-order valence-corrected chi connectivity index (χ1v) is 9.72. The average Bonchev–Trinajstić information content (AvgIpc) is 2.97. The molecule has 1 aromatic rings. The van der Waals surface area contributed by atoms with Gasteiger partial charge in [0.25, 0.3) is 0 Å². The topological polar surface area (TPSA) is 89.7 Å². The maximum Gasteiger partial charge on any atom is 0.226 e. The number of rotatable bonds is 6. The maximum absolute atomic E-state index is 12.6. The van der Waals surface area contributed by atoms with E-state index in [4.69, 9.17) is 10.5 Å². The molecular weight excluding hydrogens is 364 g/mol. The lowest BCUT2D eigenvalue weighted by atomic mass is 9.90. The molecule has 1 aliphatic heterocycles. The molecule has 8 heteroatoms. The van der Waals surface area contributed by atoms with Crippen LogP contribution in [0.4, 0.5) is 0 Å². The van der Waals surface area contributed by atoms with Gasteiger partial charge < -0.3 is 15.4 Å². The first-order valence-electron chi connectivity index (χ1n) is 8.06. The number of benzene rings is 1. The zero-order chi connectivity index (χ0) is 18.0. The summed E-state index contributed by atoms with van der Waals surface area (Å²) in [6.07, 6.45) is 0.854. The lowest BCUT2D eigenvalue weighted by molar-refractivity contribution is -0.133. The first-order chi connectivity index (χ1) is 11.2. The van der Waals surface area contributed by atoms with Gasteiger partial charge in [0, 0.05) is 19.0 Å². The summed E-state index contributed by atoms with van der Waals surface area (Å²) in [5.74, 6) is -0.314. The zero-order valence-corrected chi connectivity index (χ0v) is 16.5. The molecular formula is C17H27ClN2O4S. The Bertz CT molecular complexity index is 693. The van der Waals surface area contributed by atoms with Crippen molar-refractivity contribution in [2.24, 2.45) is 17.1 Å². The largest absolute Gasteiger partial charge is 0.497 e. The number of amides is 1. The highest BCUT2D eigenvalue weighted by Crippen LogP contribution is 2.30. The number of carbonyl (C=O) groups excluding carboxylic acids is 1. The van der Waals surface area contributed by atoms with Gasteiger partial charge in [-0.1, -0.05) is 13.8 Å². The van der Waals surface area contributed by atoms with Gasteiger partial charge in [0.15, 0.2) is 9.84 Å². The van der Waals surface area contributed by atoms with Gasteiger partial charge in [-0.15, -0.1) is 12.4 Å². The van der Waals surface area contributed by atoms with Crippen LogP contribution in [-0.4, -0.2) is 51.7 Å². The molecule has 0 aliphatic carbocycles. The quantitative estimate of drug-likeness (QED) is 0.798. The highest BCUT2D eigenvalue weighted by atomic mass is 35.5. The Hall–Kier alpha value is -1.31. The molecule has 2 unspecified atom stereocenters. The number of hydrogen-bond donors (Lipinski definition) is 1. The Labute approximate surface area is 156 Å². The summed E-state index contributed by atoms with van der Waals surface area (Å²) >= 11 is 0. The number of nitrogens with zero attached hydrogens (tertiary/aromatic N) is 1. The second-order valence-electron chi connectivity index (χ2n) is 6.88. The van der Waals surface area contributed by atoms with Crippen LogP contribution in [0.25, 0.3) is 0 Å². The smallest absolute Gasteiger partial charge is 0.226 e. The van der Waals surface area contributed by atoms with E-state index in [1.54, 1.807) is 24.0 Å². The monoisotopic (exact) mass is 390 g/mol. The Kier molecular flexibility index (Phi) is 7.28. The van der Waals surface area contributed by atoms with Crippen molar-refractivity contribution in [2.45, 2.75) is 25.2 Å². The summed E-state index contributed by atoms with van der Waals surface area (Å²) in [7, 11) is -2.00. The summed E-state index contributed by atoms with van der Waals surface area (Å²) in [5.41, 5.74) is 5.70. The van der Waals surface area contributed by atoms with Gasteiger partial charge in [0.05, 0.1) is 17.8 Å². The summed E-state index contributed by atoms with van der Waals surface area (Å²) < 4.78 is 30.1. The van der Waals surface area contributed by atoms with E-state index in [1.807, 2.05) is 0 Å². The molecule has 1 heterocycles. The molecule has 1 aliphatic rings. The molecule has 0 aromatic heterocycles. The lowest BCUT2D eigenvalue weighted by Crippen LogP contribution is -2.38. The minimum Gasteiger partial charge on any atom is -0.497 e. The molecule has 25 heavy (non-hydrogen) atoms. The number of halogens is 1. The van der Waals surface area contributed by atoms with Gasteiger partial charge in [-0.05, 0) is 42.6 Å². The molecule has 0 bridgehead atoms. The predicted octanol–water partition coefficient (Wildman–Crippen LogP) is 1.72. The second-order valence-corrected chi connectivity index (χ2v) is 8.92. The third kappa shape index (κ3) is 5.09. The van der Waals surface area contributed by atoms with Crippen molar-refractivity contribution in [1.29, 1.82) is 0 Å². The molecule has 142 valence electrons. The van der Waals surface area contributed by atoms with E-state index in [0.29, 0.717) is 25.4 Å². The fourth-order valence-corrected chi connectivity index (χ4v) is 4.51. The van der Waals surface area contributed by atoms with Crippen LogP contribution in [0, 0.1) is 11.3 Å². The highest BCUT2D eigenvalue weighted by molar-refractivity contribution is 7.91. The van der Waals surface area contributed by atoms with Crippen LogP contribution < -0.4 is 10.5 Å². The molecule has 0 saturated carbocycles. The fraction of sp³-hybridized carbons (Fsp3) is 0.588. The summed E-state index contributed by atoms with van der Waals surface area (Å²) in [4.78, 5) is 14.5. The molecule has 1 fully saturated rings. The van der Waals surface area contributed by atoms with Gasteiger partial charge >= 0.3 is 0 Å². The standard InChI is InChI=1S/C17H26N2O4S.ClH/c1-13(16(20)19-9-8-17(2,11-18)12-19)10-24(21,22)15-6-4-14(23-3)5-7-15;/h4-7,13H,8-12,18H2,1-3H3;1H. The second kappa shape index (κ2) is 8.38. The SMILES string of the molecule is COc1ccc(S(=O)(=O)CC(C)C(=O)N2CCC(C)(CN)C2)cc1.Cl. The van der Waals surface area contributed by atoms with Crippen LogP contribution in [0.5, 0.6) is 5.75 Å². The number of methoxy groups -OCH3 is 1. The van der Waals surface area contributed by atoms with Gasteiger partial charge in [-0.3, -0.25) is 4.79 Å². The van der Waals surface area contributed by atoms with Crippen LogP contribution >= 0.6 is 12.4 Å². The molecule has 0 spiro atoms. The Balaban J connectivity index is 0.00000312. The summed E-state index contributed by atoms with van der Waals surface area (Å²) in [5, 5.41) is 0. The van der Waals surface area contributed by atoms with E-state index < -0.39 is 15.8 Å². The minimum atomic E-state index is -3.52. The molecule has 1 saturated heterocycles.